The van der Waals surface area contributed by atoms with Crippen LogP contribution in [0, 0.1) is 13.8 Å². The highest BCUT2D eigenvalue weighted by molar-refractivity contribution is 7.17. The SMILES string of the molecule is Cc1noc(C)c1CN(C)Cc1nnc2n(C)c(=O)c3sccc3n12. The Morgan fingerprint density at radius 1 is 1.28 bits per heavy atom. The first-order chi connectivity index (χ1) is 12.0. The van der Waals surface area contributed by atoms with Crippen molar-refractivity contribution in [2.24, 2.45) is 7.05 Å². The van der Waals surface area contributed by atoms with Crippen LogP contribution in [0.4, 0.5) is 0 Å². The zero-order valence-corrected chi connectivity index (χ0v) is 15.3. The molecule has 8 nitrogen and oxygen atoms in total. The lowest BCUT2D eigenvalue weighted by Gasteiger charge is -2.15. The second-order valence-corrected chi connectivity index (χ2v) is 7.14. The number of fused-ring (bicyclic) bond motifs is 3. The van der Waals surface area contributed by atoms with E-state index in [0.717, 1.165) is 28.4 Å². The number of hydrogen-bond acceptors (Lipinski definition) is 7. The average molecular weight is 358 g/mol. The van der Waals surface area contributed by atoms with Crippen LogP contribution in [0.1, 0.15) is 22.8 Å². The first kappa shape index (κ1) is 16.0. The Kier molecular flexibility index (Phi) is 3.69. The van der Waals surface area contributed by atoms with Crippen molar-refractivity contribution in [2.45, 2.75) is 26.9 Å². The largest absolute Gasteiger partial charge is 0.361 e. The summed E-state index contributed by atoms with van der Waals surface area (Å²) in [6, 6.07) is 1.94. The van der Waals surface area contributed by atoms with Gasteiger partial charge < -0.3 is 4.52 Å². The molecule has 0 aliphatic heterocycles. The van der Waals surface area contributed by atoms with E-state index in [0.29, 0.717) is 23.6 Å². The van der Waals surface area contributed by atoms with Gasteiger partial charge in [0.2, 0.25) is 5.78 Å². The maximum Gasteiger partial charge on any atom is 0.272 e. The van der Waals surface area contributed by atoms with Crippen LogP contribution in [0.3, 0.4) is 0 Å². The standard InChI is InChI=1S/C16H18N6O2S/c1-9-11(10(2)24-19-9)7-20(3)8-13-17-18-16-21(4)15(23)14-12(22(13)16)5-6-25-14/h5-6H,7-8H2,1-4H3. The van der Waals surface area contributed by atoms with Gasteiger partial charge in [-0.3, -0.25) is 18.7 Å². The molecule has 130 valence electrons. The van der Waals surface area contributed by atoms with E-state index < -0.39 is 0 Å². The van der Waals surface area contributed by atoms with Crippen LogP contribution in [-0.2, 0) is 20.1 Å². The van der Waals surface area contributed by atoms with Crippen LogP contribution >= 0.6 is 11.3 Å². The van der Waals surface area contributed by atoms with E-state index in [1.165, 1.54) is 11.3 Å². The maximum absolute atomic E-state index is 12.4. The lowest BCUT2D eigenvalue weighted by molar-refractivity contribution is 0.306. The Balaban J connectivity index is 1.74. The summed E-state index contributed by atoms with van der Waals surface area (Å²) < 4.78 is 9.44. The molecule has 4 aromatic rings. The van der Waals surface area contributed by atoms with Crippen LogP contribution < -0.4 is 5.56 Å². The molecule has 0 unspecified atom stereocenters. The summed E-state index contributed by atoms with van der Waals surface area (Å²) in [7, 11) is 3.74. The fraction of sp³-hybridized carbons (Fsp3) is 0.375. The minimum absolute atomic E-state index is 0.0412. The molecule has 9 heteroatoms. The van der Waals surface area contributed by atoms with Crippen molar-refractivity contribution in [1.82, 2.24) is 29.2 Å². The quantitative estimate of drug-likeness (QED) is 0.554. The van der Waals surface area contributed by atoms with Gasteiger partial charge in [-0.05, 0) is 32.3 Å². The van der Waals surface area contributed by atoms with Gasteiger partial charge in [0.25, 0.3) is 5.56 Å². The minimum atomic E-state index is -0.0412. The predicted molar refractivity (Wildman–Crippen MR) is 94.8 cm³/mol. The van der Waals surface area contributed by atoms with Gasteiger partial charge in [-0.25, -0.2) is 0 Å². The van der Waals surface area contributed by atoms with Crippen molar-refractivity contribution < 1.29 is 4.52 Å². The first-order valence-electron chi connectivity index (χ1n) is 7.88. The lowest BCUT2D eigenvalue weighted by Crippen LogP contribution is -2.22. The fourth-order valence-electron chi connectivity index (χ4n) is 3.05. The highest BCUT2D eigenvalue weighted by atomic mass is 32.1. The third kappa shape index (κ3) is 2.47. The molecule has 0 fully saturated rings. The molecular weight excluding hydrogens is 340 g/mol. The number of thiophene rings is 1. The number of rotatable bonds is 4. The highest BCUT2D eigenvalue weighted by Gasteiger charge is 2.18. The second kappa shape index (κ2) is 5.78. The molecule has 0 aromatic carbocycles. The zero-order chi connectivity index (χ0) is 17.7. The molecule has 0 spiro atoms. The molecule has 4 rings (SSSR count). The molecule has 0 bridgehead atoms. The van der Waals surface area contributed by atoms with Crippen molar-refractivity contribution in [3.63, 3.8) is 0 Å². The second-order valence-electron chi connectivity index (χ2n) is 6.23. The molecule has 0 aliphatic carbocycles. The molecule has 4 heterocycles. The monoisotopic (exact) mass is 358 g/mol. The number of aryl methyl sites for hydroxylation is 3. The molecule has 0 amide bonds. The molecule has 0 N–H and O–H groups in total. The van der Waals surface area contributed by atoms with Gasteiger partial charge in [-0.2, -0.15) is 0 Å². The number of nitrogens with zero attached hydrogens (tertiary/aromatic N) is 6. The summed E-state index contributed by atoms with van der Waals surface area (Å²) in [4.78, 5) is 14.5. The topological polar surface area (TPSA) is 81.5 Å². The minimum Gasteiger partial charge on any atom is -0.361 e. The smallest absolute Gasteiger partial charge is 0.272 e. The Morgan fingerprint density at radius 2 is 2.08 bits per heavy atom. The van der Waals surface area contributed by atoms with E-state index in [4.69, 9.17) is 4.52 Å². The summed E-state index contributed by atoms with van der Waals surface area (Å²) >= 11 is 1.44. The van der Waals surface area contributed by atoms with Crippen LogP contribution in [0.25, 0.3) is 16.0 Å². The molecule has 25 heavy (non-hydrogen) atoms. The van der Waals surface area contributed by atoms with Crippen LogP contribution in [0.5, 0.6) is 0 Å². The molecule has 0 aliphatic rings. The Labute approximate surface area is 147 Å². The fourth-order valence-corrected chi connectivity index (χ4v) is 3.90. The van der Waals surface area contributed by atoms with Crippen molar-refractivity contribution in [3.05, 3.63) is 44.6 Å². The van der Waals surface area contributed by atoms with Crippen molar-refractivity contribution >= 4 is 27.3 Å². The van der Waals surface area contributed by atoms with Gasteiger partial charge in [0.1, 0.15) is 10.5 Å². The molecule has 4 aromatic heterocycles. The lowest BCUT2D eigenvalue weighted by atomic mass is 10.2. The van der Waals surface area contributed by atoms with Gasteiger partial charge in [-0.1, -0.05) is 5.16 Å². The van der Waals surface area contributed by atoms with E-state index >= 15 is 0 Å². The molecule has 0 atom stereocenters. The maximum atomic E-state index is 12.4. The van der Waals surface area contributed by atoms with Crippen molar-refractivity contribution in [3.8, 4) is 0 Å². The van der Waals surface area contributed by atoms with E-state index in [1.807, 2.05) is 36.7 Å². The zero-order valence-electron chi connectivity index (χ0n) is 14.5. The third-order valence-electron chi connectivity index (χ3n) is 4.42. The Morgan fingerprint density at radius 3 is 2.80 bits per heavy atom. The predicted octanol–water partition coefficient (Wildman–Crippen LogP) is 1.88. The van der Waals surface area contributed by atoms with Crippen LogP contribution in [0.2, 0.25) is 0 Å². The average Bonchev–Trinajstić information content (AvgIpc) is 3.28. The van der Waals surface area contributed by atoms with E-state index in [2.05, 4.69) is 20.3 Å². The molecule has 0 radical (unpaired) electrons. The summed E-state index contributed by atoms with van der Waals surface area (Å²) in [5, 5.41) is 14.5. The normalized spacial score (nSPS) is 12.0. The van der Waals surface area contributed by atoms with Gasteiger partial charge in [0.05, 0.1) is 17.8 Å². The van der Waals surface area contributed by atoms with E-state index in [9.17, 15) is 4.79 Å². The molecule has 0 saturated carbocycles. The number of hydrogen-bond donors (Lipinski definition) is 0. The summed E-state index contributed by atoms with van der Waals surface area (Å²) in [6.45, 7) is 5.15. The van der Waals surface area contributed by atoms with E-state index in [-0.39, 0.29) is 5.56 Å². The van der Waals surface area contributed by atoms with Crippen LogP contribution in [-0.4, -0.2) is 36.3 Å². The van der Waals surface area contributed by atoms with Crippen molar-refractivity contribution in [1.29, 1.82) is 0 Å². The first-order valence-corrected chi connectivity index (χ1v) is 8.76. The highest BCUT2D eigenvalue weighted by Crippen LogP contribution is 2.20. The van der Waals surface area contributed by atoms with Crippen molar-refractivity contribution in [2.75, 3.05) is 7.05 Å². The summed E-state index contributed by atoms with van der Waals surface area (Å²) in [6.07, 6.45) is 0. The molecule has 0 saturated heterocycles. The molecular formula is C16H18N6O2S. The number of aromatic nitrogens is 5. The van der Waals surface area contributed by atoms with Crippen LogP contribution in [0.15, 0.2) is 20.8 Å². The third-order valence-corrected chi connectivity index (χ3v) is 5.31. The summed E-state index contributed by atoms with van der Waals surface area (Å²) in [5.74, 6) is 2.18. The van der Waals surface area contributed by atoms with E-state index in [1.54, 1.807) is 11.6 Å². The Hall–Kier alpha value is -2.52. The summed E-state index contributed by atoms with van der Waals surface area (Å²) in [5.41, 5.74) is 2.80. The van der Waals surface area contributed by atoms with Gasteiger partial charge in [0, 0.05) is 19.2 Å². The van der Waals surface area contributed by atoms with Gasteiger partial charge >= 0.3 is 0 Å². The Bertz CT molecular complexity index is 1120. The van der Waals surface area contributed by atoms with Gasteiger partial charge in [-0.15, -0.1) is 21.5 Å². The van der Waals surface area contributed by atoms with Gasteiger partial charge in [0.15, 0.2) is 5.82 Å².